The summed E-state index contributed by atoms with van der Waals surface area (Å²) in [6.07, 6.45) is 3.08. The van der Waals surface area contributed by atoms with E-state index in [9.17, 15) is 9.90 Å². The predicted molar refractivity (Wildman–Crippen MR) is 75.8 cm³/mol. The summed E-state index contributed by atoms with van der Waals surface area (Å²) in [5.41, 5.74) is 1.19. The van der Waals surface area contributed by atoms with Crippen molar-refractivity contribution in [1.82, 2.24) is 4.98 Å². The van der Waals surface area contributed by atoms with Gasteiger partial charge in [-0.25, -0.2) is 9.78 Å². The predicted octanol–water partition coefficient (Wildman–Crippen LogP) is 2.97. The van der Waals surface area contributed by atoms with E-state index in [1.807, 2.05) is 6.92 Å². The van der Waals surface area contributed by atoms with Crippen LogP contribution in [0.25, 0.3) is 0 Å². The fourth-order valence-corrected chi connectivity index (χ4v) is 2.79. The first-order valence-electron chi connectivity index (χ1n) is 7.03. The molecule has 1 unspecified atom stereocenters. The van der Waals surface area contributed by atoms with Crippen molar-refractivity contribution < 1.29 is 9.90 Å². The zero-order valence-electron chi connectivity index (χ0n) is 11.9. The third kappa shape index (κ3) is 2.88. The summed E-state index contributed by atoms with van der Waals surface area (Å²) >= 11 is 0. The second-order valence-electron chi connectivity index (χ2n) is 5.51. The Hall–Kier alpha value is -1.58. The Kier molecular flexibility index (Phi) is 4.08. The Morgan fingerprint density at radius 1 is 1.53 bits per heavy atom. The van der Waals surface area contributed by atoms with Crippen molar-refractivity contribution in [3.63, 3.8) is 0 Å². The van der Waals surface area contributed by atoms with E-state index in [0.29, 0.717) is 17.5 Å². The van der Waals surface area contributed by atoms with Gasteiger partial charge in [0.1, 0.15) is 5.82 Å². The SMILES string of the molecule is CCc1cc(C(=O)O)cc(N2CCCC2C(C)C)n1. The van der Waals surface area contributed by atoms with E-state index in [0.717, 1.165) is 37.3 Å². The minimum atomic E-state index is -0.876. The molecule has 4 nitrogen and oxygen atoms in total. The van der Waals surface area contributed by atoms with Crippen molar-refractivity contribution in [3.8, 4) is 0 Å². The van der Waals surface area contributed by atoms with Crippen molar-refractivity contribution in [2.75, 3.05) is 11.4 Å². The number of aromatic nitrogens is 1. The molecule has 19 heavy (non-hydrogen) atoms. The number of hydrogen-bond donors (Lipinski definition) is 1. The summed E-state index contributed by atoms with van der Waals surface area (Å²) in [7, 11) is 0. The van der Waals surface area contributed by atoms with E-state index in [1.54, 1.807) is 12.1 Å². The van der Waals surface area contributed by atoms with Gasteiger partial charge in [0.15, 0.2) is 0 Å². The molecule has 4 heteroatoms. The van der Waals surface area contributed by atoms with Gasteiger partial charge in [0.25, 0.3) is 0 Å². The number of carboxylic acids is 1. The number of anilines is 1. The van der Waals surface area contributed by atoms with Gasteiger partial charge in [-0.1, -0.05) is 20.8 Å². The van der Waals surface area contributed by atoms with Gasteiger partial charge in [0, 0.05) is 18.3 Å². The molecule has 0 aromatic carbocycles. The van der Waals surface area contributed by atoms with Gasteiger partial charge in [0.05, 0.1) is 5.56 Å². The van der Waals surface area contributed by atoms with E-state index in [2.05, 4.69) is 23.7 Å². The summed E-state index contributed by atoms with van der Waals surface area (Å²) in [5.74, 6) is 0.509. The first kappa shape index (κ1) is 13.8. The van der Waals surface area contributed by atoms with Crippen LogP contribution in [0.2, 0.25) is 0 Å². The highest BCUT2D eigenvalue weighted by atomic mass is 16.4. The summed E-state index contributed by atoms with van der Waals surface area (Å²) in [4.78, 5) is 18.1. The van der Waals surface area contributed by atoms with E-state index in [4.69, 9.17) is 0 Å². The van der Waals surface area contributed by atoms with Crippen molar-refractivity contribution in [2.24, 2.45) is 5.92 Å². The smallest absolute Gasteiger partial charge is 0.335 e. The average molecular weight is 262 g/mol. The van der Waals surface area contributed by atoms with Gasteiger partial charge < -0.3 is 10.0 Å². The largest absolute Gasteiger partial charge is 0.478 e. The zero-order chi connectivity index (χ0) is 14.0. The normalized spacial score (nSPS) is 19.2. The Bertz CT molecular complexity index is 471. The monoisotopic (exact) mass is 262 g/mol. The Morgan fingerprint density at radius 2 is 2.26 bits per heavy atom. The van der Waals surface area contributed by atoms with Gasteiger partial charge in [-0.3, -0.25) is 0 Å². The van der Waals surface area contributed by atoms with Crippen molar-refractivity contribution >= 4 is 11.8 Å². The van der Waals surface area contributed by atoms with Crippen LogP contribution in [-0.2, 0) is 6.42 Å². The van der Waals surface area contributed by atoms with Gasteiger partial charge in [-0.15, -0.1) is 0 Å². The Labute approximate surface area is 114 Å². The van der Waals surface area contributed by atoms with Crippen molar-refractivity contribution in [2.45, 2.75) is 46.1 Å². The van der Waals surface area contributed by atoms with Crippen LogP contribution in [0.5, 0.6) is 0 Å². The minimum absolute atomic E-state index is 0.344. The molecule has 1 aromatic heterocycles. The van der Waals surface area contributed by atoms with Crippen molar-refractivity contribution in [1.29, 1.82) is 0 Å². The molecule has 2 heterocycles. The minimum Gasteiger partial charge on any atom is -0.478 e. The molecule has 0 amide bonds. The molecular formula is C15H22N2O2. The number of hydrogen-bond acceptors (Lipinski definition) is 3. The molecule has 1 atom stereocenters. The van der Waals surface area contributed by atoms with Crippen LogP contribution in [0.4, 0.5) is 5.82 Å². The molecule has 1 aromatic rings. The zero-order valence-corrected chi connectivity index (χ0v) is 11.9. The first-order valence-corrected chi connectivity index (χ1v) is 7.03. The van der Waals surface area contributed by atoms with Crippen LogP contribution in [-0.4, -0.2) is 28.6 Å². The van der Waals surface area contributed by atoms with Crippen LogP contribution in [0.3, 0.4) is 0 Å². The number of carbonyl (C=O) groups is 1. The maximum atomic E-state index is 11.2. The number of nitrogens with zero attached hydrogens (tertiary/aromatic N) is 2. The third-order valence-electron chi connectivity index (χ3n) is 3.84. The summed E-state index contributed by atoms with van der Waals surface area (Å²) in [5, 5.41) is 9.20. The van der Waals surface area contributed by atoms with Crippen LogP contribution in [0.1, 0.15) is 49.7 Å². The lowest BCUT2D eigenvalue weighted by Crippen LogP contribution is -2.34. The first-order chi connectivity index (χ1) is 9.02. The maximum absolute atomic E-state index is 11.2. The quantitative estimate of drug-likeness (QED) is 0.906. The van der Waals surface area contributed by atoms with Gasteiger partial charge in [-0.05, 0) is 37.3 Å². The second kappa shape index (κ2) is 5.59. The number of rotatable bonds is 4. The fourth-order valence-electron chi connectivity index (χ4n) is 2.79. The molecule has 1 aliphatic rings. The topological polar surface area (TPSA) is 53.4 Å². The highest BCUT2D eigenvalue weighted by Crippen LogP contribution is 2.29. The highest BCUT2D eigenvalue weighted by Gasteiger charge is 2.28. The number of aryl methyl sites for hydroxylation is 1. The molecule has 2 rings (SSSR count). The van der Waals surface area contributed by atoms with E-state index in [-0.39, 0.29) is 0 Å². The molecule has 0 bridgehead atoms. The lowest BCUT2D eigenvalue weighted by molar-refractivity contribution is 0.0696. The lowest BCUT2D eigenvalue weighted by atomic mass is 10.0. The molecule has 0 saturated carbocycles. The van der Waals surface area contributed by atoms with E-state index >= 15 is 0 Å². The van der Waals surface area contributed by atoms with Gasteiger partial charge in [0.2, 0.25) is 0 Å². The molecule has 1 fully saturated rings. The molecule has 1 N–H and O–H groups in total. The van der Waals surface area contributed by atoms with Gasteiger partial charge >= 0.3 is 5.97 Å². The summed E-state index contributed by atoms with van der Waals surface area (Å²) < 4.78 is 0. The van der Waals surface area contributed by atoms with Gasteiger partial charge in [-0.2, -0.15) is 0 Å². The molecule has 1 aliphatic heterocycles. The molecule has 0 radical (unpaired) electrons. The summed E-state index contributed by atoms with van der Waals surface area (Å²) in [6.45, 7) is 7.40. The standard InChI is InChI=1S/C15H22N2O2/c1-4-12-8-11(15(18)19)9-14(16-12)17-7-5-6-13(17)10(2)3/h8-10,13H,4-7H2,1-3H3,(H,18,19). The fraction of sp³-hybridized carbons (Fsp3) is 0.600. The number of pyridine rings is 1. The third-order valence-corrected chi connectivity index (χ3v) is 3.84. The van der Waals surface area contributed by atoms with Crippen LogP contribution >= 0.6 is 0 Å². The lowest BCUT2D eigenvalue weighted by Gasteiger charge is -2.29. The van der Waals surface area contributed by atoms with E-state index < -0.39 is 5.97 Å². The van der Waals surface area contributed by atoms with Crippen LogP contribution in [0.15, 0.2) is 12.1 Å². The maximum Gasteiger partial charge on any atom is 0.335 e. The number of carboxylic acid groups (broad SMARTS) is 1. The van der Waals surface area contributed by atoms with E-state index in [1.165, 1.54) is 0 Å². The number of aromatic carboxylic acids is 1. The second-order valence-corrected chi connectivity index (χ2v) is 5.51. The molecular weight excluding hydrogens is 240 g/mol. The molecule has 104 valence electrons. The Balaban J connectivity index is 2.38. The van der Waals surface area contributed by atoms with Crippen LogP contribution < -0.4 is 4.90 Å². The molecule has 0 aliphatic carbocycles. The highest BCUT2D eigenvalue weighted by molar-refractivity contribution is 5.88. The molecule has 1 saturated heterocycles. The molecule has 0 spiro atoms. The summed E-state index contributed by atoms with van der Waals surface area (Å²) in [6, 6.07) is 3.86. The van der Waals surface area contributed by atoms with Crippen molar-refractivity contribution in [3.05, 3.63) is 23.4 Å². The average Bonchev–Trinajstić information content (AvgIpc) is 2.87. The van der Waals surface area contributed by atoms with Crippen LogP contribution in [0, 0.1) is 5.92 Å². The Morgan fingerprint density at radius 3 is 2.84 bits per heavy atom.